The highest BCUT2D eigenvalue weighted by Gasteiger charge is 2.17. The minimum Gasteiger partial charge on any atom is -0.479 e. The molecule has 0 atom stereocenters. The van der Waals surface area contributed by atoms with Gasteiger partial charge >= 0.3 is 5.97 Å². The van der Waals surface area contributed by atoms with Crippen LogP contribution in [0.2, 0.25) is 0 Å². The fourth-order valence-corrected chi connectivity index (χ4v) is 2.98. The first kappa shape index (κ1) is 19.0. The van der Waals surface area contributed by atoms with Gasteiger partial charge < -0.3 is 9.47 Å². The highest BCUT2D eigenvalue weighted by atomic mass is 79.9. The van der Waals surface area contributed by atoms with Crippen LogP contribution in [-0.2, 0) is 11.3 Å². The Morgan fingerprint density at radius 3 is 2.76 bits per heavy atom. The molecular formula is C18H16BrN7O3. The van der Waals surface area contributed by atoms with Gasteiger partial charge in [0.15, 0.2) is 0 Å². The maximum Gasteiger partial charge on any atom is 0.341 e. The first-order valence-corrected chi connectivity index (χ1v) is 9.48. The summed E-state index contributed by atoms with van der Waals surface area (Å²) < 4.78 is 14.4. The quantitative estimate of drug-likeness (QED) is 0.320. The number of nitrogens with zero attached hydrogens (tertiary/aromatic N) is 7. The molecular weight excluding hydrogens is 442 g/mol. The number of hydrogen-bond donors (Lipinski definition) is 0. The Morgan fingerprint density at radius 1 is 1.17 bits per heavy atom. The van der Waals surface area contributed by atoms with Crippen molar-refractivity contribution in [3.63, 3.8) is 0 Å². The first-order valence-electron chi connectivity index (χ1n) is 8.69. The number of carbonyl (C=O) groups excluding carboxylic acids is 1. The third-order valence-corrected chi connectivity index (χ3v) is 4.53. The fraction of sp³-hybridized carbons (Fsp3) is 0.222. The molecule has 4 aromatic rings. The number of carbonyl (C=O) groups is 1. The second kappa shape index (κ2) is 7.95. The number of hydrogen-bond acceptors (Lipinski definition) is 8. The van der Waals surface area contributed by atoms with Gasteiger partial charge in [-0.15, -0.1) is 0 Å². The average molecular weight is 458 g/mol. The smallest absolute Gasteiger partial charge is 0.341 e. The van der Waals surface area contributed by atoms with E-state index < -0.39 is 5.97 Å². The van der Waals surface area contributed by atoms with Gasteiger partial charge in [0.2, 0.25) is 5.88 Å². The van der Waals surface area contributed by atoms with Crippen molar-refractivity contribution in [1.29, 1.82) is 0 Å². The number of halogens is 1. The summed E-state index contributed by atoms with van der Waals surface area (Å²) in [5.74, 6) is 0.151. The van der Waals surface area contributed by atoms with Crippen LogP contribution in [0, 0.1) is 0 Å². The predicted molar refractivity (Wildman–Crippen MR) is 106 cm³/mol. The van der Waals surface area contributed by atoms with Crippen LogP contribution < -0.4 is 4.74 Å². The lowest BCUT2D eigenvalue weighted by Crippen LogP contribution is -2.07. The zero-order chi connectivity index (χ0) is 20.4. The topological polar surface area (TPSA) is 110 Å². The van der Waals surface area contributed by atoms with Crippen molar-refractivity contribution < 1.29 is 14.3 Å². The molecule has 29 heavy (non-hydrogen) atoms. The van der Waals surface area contributed by atoms with Gasteiger partial charge in [0.25, 0.3) is 5.95 Å². The normalized spacial score (nSPS) is 11.0. The molecule has 0 aliphatic heterocycles. The Kier molecular flexibility index (Phi) is 5.21. The highest BCUT2D eigenvalue weighted by Crippen LogP contribution is 2.24. The summed E-state index contributed by atoms with van der Waals surface area (Å²) in [6.45, 7) is 2.51. The van der Waals surface area contributed by atoms with Crippen molar-refractivity contribution >= 4 is 32.9 Å². The van der Waals surface area contributed by atoms with E-state index in [4.69, 9.17) is 9.47 Å². The molecule has 148 valence electrons. The molecule has 0 unspecified atom stereocenters. The maximum absolute atomic E-state index is 11.9. The molecule has 0 bridgehead atoms. The van der Waals surface area contributed by atoms with E-state index in [-0.39, 0.29) is 12.6 Å². The van der Waals surface area contributed by atoms with E-state index >= 15 is 0 Å². The van der Waals surface area contributed by atoms with E-state index in [0.717, 1.165) is 10.2 Å². The van der Waals surface area contributed by atoms with Crippen LogP contribution in [0.5, 0.6) is 5.88 Å². The summed E-state index contributed by atoms with van der Waals surface area (Å²) in [6.07, 6.45) is 6.31. The van der Waals surface area contributed by atoms with Crippen LogP contribution in [0.1, 0.15) is 22.8 Å². The molecule has 4 heterocycles. The molecule has 0 fully saturated rings. The van der Waals surface area contributed by atoms with Crippen LogP contribution >= 0.6 is 15.9 Å². The summed E-state index contributed by atoms with van der Waals surface area (Å²) in [5.41, 5.74) is 2.52. The van der Waals surface area contributed by atoms with Gasteiger partial charge in [-0.05, 0) is 34.5 Å². The average Bonchev–Trinajstić information content (AvgIpc) is 3.37. The van der Waals surface area contributed by atoms with E-state index in [9.17, 15) is 4.79 Å². The number of fused-ring (bicyclic) bond motifs is 1. The molecule has 0 N–H and O–H groups in total. The SMILES string of the molecule is CCOC(=O)c1cnn(-c2nc(OC)c3c(cnn3Cc3ccc(Br)nc3)n2)c1. The van der Waals surface area contributed by atoms with Gasteiger partial charge in [-0.25, -0.2) is 19.4 Å². The van der Waals surface area contributed by atoms with Gasteiger partial charge in [-0.3, -0.25) is 4.68 Å². The zero-order valence-corrected chi connectivity index (χ0v) is 17.2. The molecule has 0 aliphatic rings. The van der Waals surface area contributed by atoms with E-state index in [0.29, 0.717) is 29.0 Å². The Hall–Kier alpha value is -3.34. The second-order valence-corrected chi connectivity index (χ2v) is 6.76. The summed E-state index contributed by atoms with van der Waals surface area (Å²) in [6, 6.07) is 3.82. The molecule has 10 nitrogen and oxygen atoms in total. The molecule has 0 aromatic carbocycles. The summed E-state index contributed by atoms with van der Waals surface area (Å²) in [4.78, 5) is 25.0. The van der Waals surface area contributed by atoms with E-state index in [1.807, 2.05) is 12.1 Å². The monoisotopic (exact) mass is 457 g/mol. The van der Waals surface area contributed by atoms with E-state index in [1.54, 1.807) is 24.0 Å². The third-order valence-electron chi connectivity index (χ3n) is 4.06. The molecule has 0 saturated carbocycles. The van der Waals surface area contributed by atoms with Crippen LogP contribution in [-0.4, -0.2) is 54.2 Å². The fourth-order valence-electron chi connectivity index (χ4n) is 2.74. The third kappa shape index (κ3) is 3.81. The van der Waals surface area contributed by atoms with Crippen molar-refractivity contribution in [3.05, 3.63) is 52.7 Å². The standard InChI is InChI=1S/C18H16BrN7O3/c1-3-29-17(27)12-7-21-26(10-12)18-23-13-8-22-25(15(13)16(24-18)28-2)9-11-4-5-14(19)20-6-11/h4-8,10H,3,9H2,1-2H3. The number of rotatable bonds is 6. The Morgan fingerprint density at radius 2 is 2.03 bits per heavy atom. The molecule has 4 rings (SSSR count). The summed E-state index contributed by atoms with van der Waals surface area (Å²) >= 11 is 3.32. The minimum absolute atomic E-state index is 0.259. The Bertz CT molecular complexity index is 1170. The lowest BCUT2D eigenvalue weighted by molar-refractivity contribution is 0.0526. The Balaban J connectivity index is 1.70. The summed E-state index contributed by atoms with van der Waals surface area (Å²) in [7, 11) is 1.53. The van der Waals surface area contributed by atoms with Crippen molar-refractivity contribution in [2.75, 3.05) is 13.7 Å². The number of methoxy groups -OCH3 is 1. The lowest BCUT2D eigenvalue weighted by Gasteiger charge is -2.08. The number of pyridine rings is 1. The Labute approximate surface area is 173 Å². The lowest BCUT2D eigenvalue weighted by atomic mass is 10.3. The second-order valence-electron chi connectivity index (χ2n) is 5.95. The van der Waals surface area contributed by atoms with Crippen molar-refractivity contribution in [3.8, 4) is 11.8 Å². The number of aromatic nitrogens is 7. The van der Waals surface area contributed by atoms with Crippen LogP contribution in [0.15, 0.2) is 41.5 Å². The van der Waals surface area contributed by atoms with Crippen molar-refractivity contribution in [2.24, 2.45) is 0 Å². The largest absolute Gasteiger partial charge is 0.479 e. The van der Waals surface area contributed by atoms with Gasteiger partial charge in [0, 0.05) is 12.4 Å². The molecule has 0 radical (unpaired) electrons. The van der Waals surface area contributed by atoms with Crippen LogP contribution in [0.25, 0.3) is 17.0 Å². The zero-order valence-electron chi connectivity index (χ0n) is 15.6. The highest BCUT2D eigenvalue weighted by molar-refractivity contribution is 9.10. The number of esters is 1. The van der Waals surface area contributed by atoms with Gasteiger partial charge in [-0.2, -0.15) is 15.2 Å². The molecule has 0 amide bonds. The predicted octanol–water partition coefficient (Wildman–Crippen LogP) is 2.40. The van der Waals surface area contributed by atoms with Gasteiger partial charge in [0.1, 0.15) is 15.6 Å². The molecule has 0 spiro atoms. The number of ether oxygens (including phenoxy) is 2. The van der Waals surface area contributed by atoms with Crippen LogP contribution in [0.3, 0.4) is 0 Å². The van der Waals surface area contributed by atoms with Crippen molar-refractivity contribution in [2.45, 2.75) is 13.5 Å². The molecule has 0 aliphatic carbocycles. The molecule has 0 saturated heterocycles. The van der Waals surface area contributed by atoms with Gasteiger partial charge in [0.05, 0.1) is 38.2 Å². The van der Waals surface area contributed by atoms with Crippen molar-refractivity contribution in [1.82, 2.24) is 34.5 Å². The van der Waals surface area contributed by atoms with E-state index in [2.05, 4.69) is 41.1 Å². The molecule has 11 heteroatoms. The molecule has 4 aromatic heterocycles. The van der Waals surface area contributed by atoms with Crippen LogP contribution in [0.4, 0.5) is 0 Å². The summed E-state index contributed by atoms with van der Waals surface area (Å²) in [5, 5.41) is 8.56. The van der Waals surface area contributed by atoms with E-state index in [1.165, 1.54) is 24.2 Å². The first-order chi connectivity index (χ1) is 14.1. The van der Waals surface area contributed by atoms with Gasteiger partial charge in [-0.1, -0.05) is 6.07 Å². The minimum atomic E-state index is -0.456. The maximum atomic E-state index is 11.9.